The highest BCUT2D eigenvalue weighted by Gasteiger charge is 2.49. The van der Waals surface area contributed by atoms with Gasteiger partial charge in [-0.15, -0.1) is 0 Å². The Morgan fingerprint density at radius 2 is 1.57 bits per heavy atom. The minimum absolute atomic E-state index is 0.0715. The zero-order valence-electron chi connectivity index (χ0n) is 23.1. The highest BCUT2D eigenvalue weighted by Crippen LogP contribution is 2.31. The second kappa shape index (κ2) is 13.3. The summed E-state index contributed by atoms with van der Waals surface area (Å²) in [6.45, 7) is 3.12. The summed E-state index contributed by atoms with van der Waals surface area (Å²) in [6.07, 6.45) is 0.632. The van der Waals surface area contributed by atoms with Gasteiger partial charge in [0.05, 0.1) is 19.1 Å². The molecule has 2 aliphatic heterocycles. The molecule has 0 bridgehead atoms. The molecule has 0 aliphatic carbocycles. The lowest BCUT2D eigenvalue weighted by molar-refractivity contribution is -0.198. The summed E-state index contributed by atoms with van der Waals surface area (Å²) in [5, 5.41) is 6.13. The van der Waals surface area contributed by atoms with Crippen molar-refractivity contribution in [1.29, 1.82) is 0 Å². The maximum absolute atomic E-state index is 13.6. The summed E-state index contributed by atoms with van der Waals surface area (Å²) in [7, 11) is 3.58. The first-order valence-corrected chi connectivity index (χ1v) is 13.4. The molecule has 8 nitrogen and oxygen atoms in total. The van der Waals surface area contributed by atoms with Gasteiger partial charge in [-0.2, -0.15) is 0 Å². The number of hydrogen-bond acceptors (Lipinski definition) is 5. The molecule has 1 unspecified atom stereocenters. The van der Waals surface area contributed by atoms with E-state index in [9.17, 15) is 18.8 Å². The topological polar surface area (TPSA) is 76.2 Å². The number of hydrogen-bond donors (Lipinski definition) is 1. The van der Waals surface area contributed by atoms with Crippen molar-refractivity contribution in [3.63, 3.8) is 0 Å². The maximum atomic E-state index is 13.6. The highest BCUT2D eigenvalue weighted by atomic mass is 19.1. The molecule has 2 aliphatic rings. The van der Waals surface area contributed by atoms with Crippen molar-refractivity contribution in [2.45, 2.75) is 38.1 Å². The summed E-state index contributed by atoms with van der Waals surface area (Å²) in [4.78, 5) is 41.9. The number of piperazine rings is 1. The van der Waals surface area contributed by atoms with E-state index < -0.39 is 12.2 Å². The Morgan fingerprint density at radius 3 is 2.17 bits per heavy atom. The Kier molecular flexibility index (Phi) is 9.63. The van der Waals surface area contributed by atoms with Gasteiger partial charge in [0.1, 0.15) is 18.0 Å². The van der Waals surface area contributed by atoms with Crippen molar-refractivity contribution in [2.75, 3.05) is 27.2 Å². The SMILES string of the molecule is CNCc1ccc(F)cc1.C[C@@H](c1ccccc1)N1CC2N(C(=O)CN(C)N2C=O)[C@@H](Cc2ccccc2)C1=O. The zero-order valence-corrected chi connectivity index (χ0v) is 23.1. The monoisotopic (exact) mass is 545 g/mol. The second-order valence-corrected chi connectivity index (χ2v) is 10.0. The predicted octanol–water partition coefficient (Wildman–Crippen LogP) is 3.22. The molecule has 2 fully saturated rings. The van der Waals surface area contributed by atoms with E-state index in [1.807, 2.05) is 74.6 Å². The minimum atomic E-state index is -0.652. The van der Waals surface area contributed by atoms with E-state index in [0.717, 1.165) is 29.6 Å². The number of amides is 3. The Labute approximate surface area is 234 Å². The van der Waals surface area contributed by atoms with Crippen LogP contribution in [-0.4, -0.2) is 77.4 Å². The summed E-state index contributed by atoms with van der Waals surface area (Å²) < 4.78 is 12.3. The van der Waals surface area contributed by atoms with Crippen LogP contribution in [0.5, 0.6) is 0 Å². The van der Waals surface area contributed by atoms with Gasteiger partial charge >= 0.3 is 0 Å². The van der Waals surface area contributed by atoms with E-state index >= 15 is 0 Å². The maximum Gasteiger partial charge on any atom is 0.246 e. The van der Waals surface area contributed by atoms with Crippen LogP contribution in [0.25, 0.3) is 0 Å². The molecule has 5 rings (SSSR count). The van der Waals surface area contributed by atoms with Crippen LogP contribution < -0.4 is 5.32 Å². The van der Waals surface area contributed by atoms with Gasteiger partial charge in [-0.3, -0.25) is 19.4 Å². The van der Waals surface area contributed by atoms with Crippen molar-refractivity contribution in [1.82, 2.24) is 25.1 Å². The molecule has 40 heavy (non-hydrogen) atoms. The Morgan fingerprint density at radius 1 is 0.950 bits per heavy atom. The smallest absolute Gasteiger partial charge is 0.246 e. The first-order chi connectivity index (χ1) is 19.3. The molecule has 3 aromatic carbocycles. The zero-order chi connectivity index (χ0) is 28.6. The third-order valence-corrected chi connectivity index (χ3v) is 7.36. The van der Waals surface area contributed by atoms with Crippen LogP contribution in [-0.2, 0) is 27.3 Å². The molecule has 9 heteroatoms. The third-order valence-electron chi connectivity index (χ3n) is 7.36. The number of rotatable bonds is 7. The van der Waals surface area contributed by atoms with Crippen LogP contribution >= 0.6 is 0 Å². The molecule has 0 saturated carbocycles. The van der Waals surface area contributed by atoms with E-state index in [0.29, 0.717) is 6.42 Å². The lowest BCUT2D eigenvalue weighted by Crippen LogP contribution is -2.74. The minimum Gasteiger partial charge on any atom is -0.330 e. The fraction of sp³-hybridized carbons (Fsp3) is 0.323. The van der Waals surface area contributed by atoms with Gasteiger partial charge in [0, 0.05) is 20.0 Å². The van der Waals surface area contributed by atoms with E-state index in [-0.39, 0.29) is 36.8 Å². The lowest BCUT2D eigenvalue weighted by Gasteiger charge is -2.54. The van der Waals surface area contributed by atoms with Crippen molar-refractivity contribution >= 4 is 18.2 Å². The number of benzene rings is 3. The summed E-state index contributed by atoms with van der Waals surface area (Å²) >= 11 is 0. The molecule has 0 spiro atoms. The van der Waals surface area contributed by atoms with Crippen LogP contribution in [0.4, 0.5) is 4.39 Å². The molecular weight excluding hydrogens is 509 g/mol. The number of nitrogens with zero attached hydrogens (tertiary/aromatic N) is 4. The van der Waals surface area contributed by atoms with Gasteiger partial charge in [0.2, 0.25) is 18.2 Å². The number of halogens is 1. The lowest BCUT2D eigenvalue weighted by atomic mass is 9.96. The normalized spacial score (nSPS) is 19.9. The molecule has 210 valence electrons. The van der Waals surface area contributed by atoms with E-state index in [2.05, 4.69) is 5.32 Å². The van der Waals surface area contributed by atoms with Gasteiger partial charge in [0.15, 0.2) is 0 Å². The summed E-state index contributed by atoms with van der Waals surface area (Å²) in [5.41, 5.74) is 3.10. The Hall–Kier alpha value is -4.08. The Bertz CT molecular complexity index is 1280. The van der Waals surface area contributed by atoms with Gasteiger partial charge in [-0.25, -0.2) is 9.40 Å². The van der Waals surface area contributed by atoms with Gasteiger partial charge in [-0.1, -0.05) is 72.8 Å². The second-order valence-electron chi connectivity index (χ2n) is 10.0. The average molecular weight is 546 g/mol. The fourth-order valence-electron chi connectivity index (χ4n) is 5.25. The number of fused-ring (bicyclic) bond motifs is 1. The number of carbonyl (C=O) groups excluding carboxylic acids is 3. The van der Waals surface area contributed by atoms with Crippen molar-refractivity contribution in [2.24, 2.45) is 0 Å². The average Bonchev–Trinajstić information content (AvgIpc) is 2.97. The number of hydrazine groups is 1. The first-order valence-electron chi connectivity index (χ1n) is 13.4. The molecule has 3 aromatic rings. The summed E-state index contributed by atoms with van der Waals surface area (Å²) in [6, 6.07) is 25.2. The van der Waals surface area contributed by atoms with E-state index in [1.54, 1.807) is 34.0 Å². The summed E-state index contributed by atoms with van der Waals surface area (Å²) in [5.74, 6) is -0.406. The van der Waals surface area contributed by atoms with E-state index in [4.69, 9.17) is 0 Å². The fourth-order valence-corrected chi connectivity index (χ4v) is 5.25. The number of likely N-dealkylation sites (N-methyl/N-ethyl adjacent to an activating group) is 1. The van der Waals surface area contributed by atoms with Gasteiger partial charge in [-0.05, 0) is 42.8 Å². The van der Waals surface area contributed by atoms with Crippen LogP contribution in [0.3, 0.4) is 0 Å². The molecule has 1 N–H and O–H groups in total. The first kappa shape index (κ1) is 28.9. The Balaban J connectivity index is 0.000000312. The van der Waals surface area contributed by atoms with E-state index in [1.165, 1.54) is 17.1 Å². The molecule has 2 saturated heterocycles. The highest BCUT2D eigenvalue weighted by molar-refractivity contribution is 5.91. The van der Waals surface area contributed by atoms with Gasteiger partial charge < -0.3 is 15.1 Å². The quantitative estimate of drug-likeness (QED) is 0.462. The van der Waals surface area contributed by atoms with Crippen molar-refractivity contribution in [3.05, 3.63) is 107 Å². The van der Waals surface area contributed by atoms with Gasteiger partial charge in [0.25, 0.3) is 0 Å². The number of carbonyl (C=O) groups is 3. The predicted molar refractivity (Wildman–Crippen MR) is 151 cm³/mol. The van der Waals surface area contributed by atoms with Crippen LogP contribution in [0, 0.1) is 5.82 Å². The molecule has 0 aromatic heterocycles. The number of nitrogens with one attached hydrogen (secondary N) is 1. The van der Waals surface area contributed by atoms with Crippen LogP contribution in [0.2, 0.25) is 0 Å². The molecule has 3 amide bonds. The van der Waals surface area contributed by atoms with Crippen molar-refractivity contribution in [3.8, 4) is 0 Å². The molecule has 2 heterocycles. The van der Waals surface area contributed by atoms with Crippen LogP contribution in [0.15, 0.2) is 84.9 Å². The third kappa shape index (κ3) is 6.55. The largest absolute Gasteiger partial charge is 0.330 e. The standard InChI is InChI=1S/C23H26N4O3.C8H10FN/c1-17(19-11-7-4-8-12-19)25-14-21-26(16-28)24(2)15-22(29)27(21)20(23(25)30)13-18-9-5-3-6-10-18;1-10-6-7-2-4-8(9)5-3-7/h3-12,16-17,20-21H,13-15H2,1-2H3;2-5,10H,6H2,1H3/t17-,20-,21?;/m0./s1. The molecular formula is C31H36FN5O3. The van der Waals surface area contributed by atoms with Crippen molar-refractivity contribution < 1.29 is 18.8 Å². The van der Waals surface area contributed by atoms with Crippen LogP contribution in [0.1, 0.15) is 29.7 Å². The molecule has 3 atom stereocenters. The molecule has 0 radical (unpaired) electrons.